The standard InChI is InChI=1S/C10H14N2O4/c13-9-4-3-8(10(14)15)11-12(9)6-7-2-1-5-16-7/h7H,1-6H2,(H,14,15). The largest absolute Gasteiger partial charge is 0.477 e. The third-order valence-electron chi connectivity index (χ3n) is 2.75. The number of hydrogen-bond donors (Lipinski definition) is 1. The van der Waals surface area contributed by atoms with E-state index in [4.69, 9.17) is 9.84 Å². The minimum absolute atomic E-state index is 0.000782. The fourth-order valence-electron chi connectivity index (χ4n) is 1.88. The van der Waals surface area contributed by atoms with Gasteiger partial charge >= 0.3 is 5.97 Å². The van der Waals surface area contributed by atoms with E-state index in [-0.39, 0.29) is 30.6 Å². The first-order chi connectivity index (χ1) is 7.66. The lowest BCUT2D eigenvalue weighted by molar-refractivity contribution is -0.134. The molecule has 0 aromatic heterocycles. The Hall–Kier alpha value is -1.43. The van der Waals surface area contributed by atoms with Crippen LogP contribution in [0.15, 0.2) is 5.10 Å². The zero-order valence-corrected chi connectivity index (χ0v) is 8.89. The highest BCUT2D eigenvalue weighted by Crippen LogP contribution is 2.16. The Bertz CT molecular complexity index is 334. The van der Waals surface area contributed by atoms with Crippen molar-refractivity contribution < 1.29 is 19.4 Å². The van der Waals surface area contributed by atoms with Gasteiger partial charge in [0.15, 0.2) is 0 Å². The van der Waals surface area contributed by atoms with Crippen LogP contribution in [0, 0.1) is 0 Å². The van der Waals surface area contributed by atoms with E-state index < -0.39 is 5.97 Å². The summed E-state index contributed by atoms with van der Waals surface area (Å²) in [6, 6.07) is 0. The second kappa shape index (κ2) is 4.61. The molecule has 0 aromatic rings. The molecule has 1 atom stereocenters. The molecular weight excluding hydrogens is 212 g/mol. The minimum Gasteiger partial charge on any atom is -0.477 e. The SMILES string of the molecule is O=C(O)C1=NN(CC2CCCO2)C(=O)CC1. The third-order valence-corrected chi connectivity index (χ3v) is 2.75. The van der Waals surface area contributed by atoms with Crippen molar-refractivity contribution in [2.75, 3.05) is 13.2 Å². The fraction of sp³-hybridized carbons (Fsp3) is 0.700. The molecule has 0 aromatic carbocycles. The van der Waals surface area contributed by atoms with E-state index in [2.05, 4.69) is 5.10 Å². The highest BCUT2D eigenvalue weighted by atomic mass is 16.5. The Kier molecular flexibility index (Phi) is 3.19. The van der Waals surface area contributed by atoms with Gasteiger partial charge in [0.05, 0.1) is 12.6 Å². The summed E-state index contributed by atoms with van der Waals surface area (Å²) in [5.74, 6) is -1.18. The van der Waals surface area contributed by atoms with Crippen LogP contribution in [0.1, 0.15) is 25.7 Å². The molecule has 0 bridgehead atoms. The van der Waals surface area contributed by atoms with E-state index in [1.165, 1.54) is 5.01 Å². The highest BCUT2D eigenvalue weighted by molar-refractivity contribution is 6.36. The number of carboxylic acid groups (broad SMARTS) is 1. The number of aliphatic carboxylic acids is 1. The summed E-state index contributed by atoms with van der Waals surface area (Å²) in [6.45, 7) is 1.08. The predicted octanol–water partition coefficient (Wildman–Crippen LogP) is 0.228. The number of carboxylic acids is 1. The molecule has 1 unspecified atom stereocenters. The minimum atomic E-state index is -1.05. The molecular formula is C10H14N2O4. The van der Waals surface area contributed by atoms with Gasteiger partial charge in [-0.2, -0.15) is 5.10 Å². The average molecular weight is 226 g/mol. The second-order valence-corrected chi connectivity index (χ2v) is 3.96. The van der Waals surface area contributed by atoms with Crippen LogP contribution in [0.25, 0.3) is 0 Å². The average Bonchev–Trinajstić information content (AvgIpc) is 2.73. The van der Waals surface area contributed by atoms with Gasteiger partial charge in [-0.1, -0.05) is 0 Å². The van der Waals surface area contributed by atoms with Gasteiger partial charge in [-0.25, -0.2) is 9.80 Å². The van der Waals surface area contributed by atoms with Crippen LogP contribution in [-0.2, 0) is 14.3 Å². The quantitative estimate of drug-likeness (QED) is 0.747. The molecule has 2 heterocycles. The maximum atomic E-state index is 11.5. The number of nitrogens with zero attached hydrogens (tertiary/aromatic N) is 2. The maximum absolute atomic E-state index is 11.5. The van der Waals surface area contributed by atoms with Gasteiger partial charge in [-0.15, -0.1) is 0 Å². The first-order valence-corrected chi connectivity index (χ1v) is 5.39. The van der Waals surface area contributed by atoms with Gasteiger partial charge in [0.2, 0.25) is 5.91 Å². The Balaban J connectivity index is 2.02. The van der Waals surface area contributed by atoms with Crippen molar-refractivity contribution in [1.82, 2.24) is 5.01 Å². The maximum Gasteiger partial charge on any atom is 0.352 e. The molecule has 1 saturated heterocycles. The summed E-state index contributed by atoms with van der Waals surface area (Å²) in [7, 11) is 0. The number of hydrazone groups is 1. The van der Waals surface area contributed by atoms with Gasteiger partial charge in [-0.05, 0) is 12.8 Å². The van der Waals surface area contributed by atoms with Crippen LogP contribution in [0.4, 0.5) is 0 Å². The number of amides is 1. The lowest BCUT2D eigenvalue weighted by atomic mass is 10.1. The molecule has 16 heavy (non-hydrogen) atoms. The molecule has 0 aliphatic carbocycles. The Labute approximate surface area is 92.9 Å². The third kappa shape index (κ3) is 2.38. The summed E-state index contributed by atoms with van der Waals surface area (Å²) in [5, 5.41) is 13.9. The predicted molar refractivity (Wildman–Crippen MR) is 55.0 cm³/mol. The van der Waals surface area contributed by atoms with E-state index in [0.717, 1.165) is 12.8 Å². The molecule has 1 amide bonds. The molecule has 0 saturated carbocycles. The van der Waals surface area contributed by atoms with Crippen molar-refractivity contribution in [1.29, 1.82) is 0 Å². The van der Waals surface area contributed by atoms with Crippen molar-refractivity contribution in [2.45, 2.75) is 31.8 Å². The van der Waals surface area contributed by atoms with E-state index in [1.807, 2.05) is 0 Å². The zero-order valence-electron chi connectivity index (χ0n) is 8.89. The number of carbonyl (C=O) groups is 2. The summed E-state index contributed by atoms with van der Waals surface area (Å²) < 4.78 is 5.39. The number of hydrogen-bond acceptors (Lipinski definition) is 4. The summed E-state index contributed by atoms with van der Waals surface area (Å²) in [4.78, 5) is 22.3. The monoisotopic (exact) mass is 226 g/mol. The van der Waals surface area contributed by atoms with Crippen LogP contribution in [0.5, 0.6) is 0 Å². The lowest BCUT2D eigenvalue weighted by Gasteiger charge is -2.24. The molecule has 0 radical (unpaired) electrons. The Morgan fingerprint density at radius 1 is 1.56 bits per heavy atom. The molecule has 6 nitrogen and oxygen atoms in total. The zero-order chi connectivity index (χ0) is 11.5. The van der Waals surface area contributed by atoms with Crippen LogP contribution in [0.3, 0.4) is 0 Å². The van der Waals surface area contributed by atoms with Crippen molar-refractivity contribution in [3.63, 3.8) is 0 Å². The molecule has 2 rings (SSSR count). The van der Waals surface area contributed by atoms with Gasteiger partial charge in [0.1, 0.15) is 5.71 Å². The van der Waals surface area contributed by atoms with Gasteiger partial charge < -0.3 is 9.84 Å². The number of ether oxygens (including phenoxy) is 1. The van der Waals surface area contributed by atoms with Gasteiger partial charge in [0, 0.05) is 19.4 Å². The molecule has 1 fully saturated rings. The number of carbonyl (C=O) groups excluding carboxylic acids is 1. The van der Waals surface area contributed by atoms with Crippen LogP contribution in [-0.4, -0.2) is 47.0 Å². The van der Waals surface area contributed by atoms with Gasteiger partial charge in [0.25, 0.3) is 0 Å². The van der Waals surface area contributed by atoms with Crippen molar-refractivity contribution >= 4 is 17.6 Å². The topological polar surface area (TPSA) is 79.2 Å². The van der Waals surface area contributed by atoms with Crippen LogP contribution in [0.2, 0.25) is 0 Å². The summed E-state index contributed by atoms with van der Waals surface area (Å²) >= 11 is 0. The molecule has 6 heteroatoms. The van der Waals surface area contributed by atoms with Gasteiger partial charge in [-0.3, -0.25) is 4.79 Å². The molecule has 2 aliphatic heterocycles. The first kappa shape index (κ1) is 11.1. The lowest BCUT2D eigenvalue weighted by Crippen LogP contribution is -2.38. The van der Waals surface area contributed by atoms with Crippen molar-refractivity contribution in [3.8, 4) is 0 Å². The number of rotatable bonds is 3. The smallest absolute Gasteiger partial charge is 0.352 e. The first-order valence-electron chi connectivity index (χ1n) is 5.39. The highest BCUT2D eigenvalue weighted by Gasteiger charge is 2.27. The van der Waals surface area contributed by atoms with E-state index in [0.29, 0.717) is 13.2 Å². The van der Waals surface area contributed by atoms with Crippen LogP contribution < -0.4 is 0 Å². The molecule has 2 aliphatic rings. The molecule has 0 spiro atoms. The van der Waals surface area contributed by atoms with Crippen LogP contribution >= 0.6 is 0 Å². The molecule has 88 valence electrons. The Morgan fingerprint density at radius 3 is 3.00 bits per heavy atom. The normalized spacial score (nSPS) is 25.8. The fourth-order valence-corrected chi connectivity index (χ4v) is 1.88. The van der Waals surface area contributed by atoms with E-state index >= 15 is 0 Å². The van der Waals surface area contributed by atoms with E-state index in [9.17, 15) is 9.59 Å². The summed E-state index contributed by atoms with van der Waals surface area (Å²) in [6.07, 6.45) is 2.33. The summed E-state index contributed by atoms with van der Waals surface area (Å²) in [5.41, 5.74) is 0.0533. The van der Waals surface area contributed by atoms with Crippen molar-refractivity contribution in [2.24, 2.45) is 5.10 Å². The second-order valence-electron chi connectivity index (χ2n) is 3.96. The van der Waals surface area contributed by atoms with E-state index in [1.54, 1.807) is 0 Å². The Morgan fingerprint density at radius 2 is 2.38 bits per heavy atom. The van der Waals surface area contributed by atoms with Crippen molar-refractivity contribution in [3.05, 3.63) is 0 Å². The molecule has 1 N–H and O–H groups in total.